The molecule has 0 amide bonds. The molecule has 3 aromatic rings. The lowest BCUT2D eigenvalue weighted by atomic mass is 9.94. The van der Waals surface area contributed by atoms with E-state index in [9.17, 15) is 4.79 Å². The van der Waals surface area contributed by atoms with E-state index in [2.05, 4.69) is 4.98 Å². The topological polar surface area (TPSA) is 44.1 Å². The average Bonchev–Trinajstić information content (AvgIpc) is 3.15. The third-order valence-electron chi connectivity index (χ3n) is 4.34. The first-order valence-corrected chi connectivity index (χ1v) is 9.25. The number of ketones is 1. The molecule has 0 N–H and O–H groups in total. The normalized spacial score (nSPS) is 12.7. The second-order valence-corrected chi connectivity index (χ2v) is 7.61. The van der Waals surface area contributed by atoms with Crippen LogP contribution in [0.1, 0.15) is 49.3 Å². The Kier molecular flexibility index (Phi) is 5.87. The van der Waals surface area contributed by atoms with Gasteiger partial charge in [-0.15, -0.1) is 0 Å². The van der Waals surface area contributed by atoms with Crippen molar-refractivity contribution < 1.29 is 9.53 Å². The molecule has 0 saturated carbocycles. The van der Waals surface area contributed by atoms with Crippen molar-refractivity contribution in [1.29, 1.82) is 0 Å². The molecular weight excluding hydrogens is 336 g/mol. The van der Waals surface area contributed by atoms with Gasteiger partial charge in [0.05, 0.1) is 12.2 Å². The minimum absolute atomic E-state index is 0.00946. The van der Waals surface area contributed by atoms with E-state index >= 15 is 0 Å². The number of carbonyl (C=O) groups excluding carboxylic acids is 1. The zero-order chi connectivity index (χ0) is 19.3. The van der Waals surface area contributed by atoms with Gasteiger partial charge < -0.3 is 4.74 Å². The summed E-state index contributed by atoms with van der Waals surface area (Å²) in [5, 5.41) is 0. The number of aromatic nitrogens is 2. The van der Waals surface area contributed by atoms with E-state index in [4.69, 9.17) is 4.74 Å². The molecule has 27 heavy (non-hydrogen) atoms. The fraction of sp³-hybridized carbons (Fsp3) is 0.304. The number of imidazole rings is 1. The average molecular weight is 362 g/mol. The third-order valence-corrected chi connectivity index (χ3v) is 4.34. The van der Waals surface area contributed by atoms with Crippen LogP contribution in [0.4, 0.5) is 0 Å². The smallest absolute Gasteiger partial charge is 0.199 e. The Labute approximate surface area is 160 Å². The lowest BCUT2D eigenvalue weighted by molar-refractivity contribution is -0.0113. The lowest BCUT2D eigenvalue weighted by Gasteiger charge is -2.24. The van der Waals surface area contributed by atoms with Gasteiger partial charge in [-0.25, -0.2) is 4.98 Å². The first-order chi connectivity index (χ1) is 12.9. The number of Topliss-reactive ketones (excluding diaryl/α,β-unsaturated/α-hetero) is 1. The number of hydrogen-bond donors (Lipinski definition) is 0. The van der Waals surface area contributed by atoms with Crippen molar-refractivity contribution in [1.82, 2.24) is 9.55 Å². The molecule has 0 saturated heterocycles. The van der Waals surface area contributed by atoms with E-state index in [1.807, 2.05) is 92.2 Å². The molecule has 0 aliphatic carbocycles. The van der Waals surface area contributed by atoms with Crippen molar-refractivity contribution in [2.45, 2.75) is 38.7 Å². The van der Waals surface area contributed by atoms with Gasteiger partial charge in [0, 0.05) is 30.4 Å². The van der Waals surface area contributed by atoms with Crippen LogP contribution in [0.5, 0.6) is 0 Å². The van der Waals surface area contributed by atoms with Crippen molar-refractivity contribution in [2.24, 2.45) is 0 Å². The monoisotopic (exact) mass is 362 g/mol. The van der Waals surface area contributed by atoms with Gasteiger partial charge in [-0.05, 0) is 38.5 Å². The molecule has 1 atom stereocenters. The molecule has 4 nitrogen and oxygen atoms in total. The zero-order valence-corrected chi connectivity index (χ0v) is 16.1. The highest BCUT2D eigenvalue weighted by Gasteiger charge is 2.23. The number of carbonyl (C=O) groups is 1. The summed E-state index contributed by atoms with van der Waals surface area (Å²) >= 11 is 0. The van der Waals surface area contributed by atoms with E-state index in [0.717, 1.165) is 11.3 Å². The van der Waals surface area contributed by atoms with Crippen LogP contribution in [0, 0.1) is 0 Å². The van der Waals surface area contributed by atoms with E-state index in [-0.39, 0.29) is 17.3 Å². The maximum absolute atomic E-state index is 13.1. The minimum Gasteiger partial charge on any atom is -0.375 e. The molecule has 4 heteroatoms. The Bertz CT molecular complexity index is 864. The Morgan fingerprint density at radius 2 is 1.67 bits per heavy atom. The summed E-state index contributed by atoms with van der Waals surface area (Å²) in [7, 11) is 0. The lowest BCUT2D eigenvalue weighted by Crippen LogP contribution is -2.24. The largest absolute Gasteiger partial charge is 0.375 e. The van der Waals surface area contributed by atoms with Crippen LogP contribution >= 0.6 is 0 Å². The molecule has 0 fully saturated rings. The van der Waals surface area contributed by atoms with Crippen molar-refractivity contribution >= 4 is 5.78 Å². The molecule has 0 unspecified atom stereocenters. The molecule has 0 aliphatic rings. The van der Waals surface area contributed by atoms with Gasteiger partial charge in [0.15, 0.2) is 11.6 Å². The van der Waals surface area contributed by atoms with Crippen molar-refractivity contribution in [3.8, 4) is 5.69 Å². The second-order valence-electron chi connectivity index (χ2n) is 7.61. The van der Waals surface area contributed by atoms with Gasteiger partial charge in [-0.3, -0.25) is 9.36 Å². The molecule has 1 aromatic heterocycles. The Morgan fingerprint density at radius 3 is 2.30 bits per heavy atom. The number of benzene rings is 2. The number of hydrogen-bond acceptors (Lipinski definition) is 3. The molecule has 140 valence electrons. The van der Waals surface area contributed by atoms with Crippen molar-refractivity contribution in [2.75, 3.05) is 6.61 Å². The fourth-order valence-electron chi connectivity index (χ4n) is 2.97. The Morgan fingerprint density at radius 1 is 1.04 bits per heavy atom. The van der Waals surface area contributed by atoms with Crippen LogP contribution in [0.25, 0.3) is 5.69 Å². The highest BCUT2D eigenvalue weighted by Crippen LogP contribution is 2.25. The van der Waals surface area contributed by atoms with Gasteiger partial charge in [0.25, 0.3) is 0 Å². The van der Waals surface area contributed by atoms with E-state index < -0.39 is 0 Å². The SMILES string of the molecule is CC(C)(C)OC[C@H](CC(=O)c1nccn1-c1ccccc1)c1ccccc1. The summed E-state index contributed by atoms with van der Waals surface area (Å²) in [6.07, 6.45) is 3.85. The van der Waals surface area contributed by atoms with Crippen molar-refractivity contribution in [3.05, 3.63) is 84.4 Å². The van der Waals surface area contributed by atoms with Crippen LogP contribution in [0.2, 0.25) is 0 Å². The molecule has 0 radical (unpaired) electrons. The first kappa shape index (κ1) is 19.1. The maximum atomic E-state index is 13.1. The highest BCUT2D eigenvalue weighted by atomic mass is 16.5. The molecule has 1 heterocycles. The number of para-hydroxylation sites is 1. The predicted molar refractivity (Wildman–Crippen MR) is 107 cm³/mol. The van der Waals surface area contributed by atoms with E-state index in [1.165, 1.54) is 0 Å². The van der Waals surface area contributed by atoms with Crippen LogP contribution in [0.3, 0.4) is 0 Å². The third kappa shape index (κ3) is 5.14. The molecule has 0 bridgehead atoms. The molecule has 0 aliphatic heterocycles. The van der Waals surface area contributed by atoms with Gasteiger partial charge >= 0.3 is 0 Å². The number of ether oxygens (including phenoxy) is 1. The highest BCUT2D eigenvalue weighted by molar-refractivity contribution is 5.94. The van der Waals surface area contributed by atoms with Gasteiger partial charge in [0.1, 0.15) is 0 Å². The van der Waals surface area contributed by atoms with E-state index in [0.29, 0.717) is 18.9 Å². The summed E-state index contributed by atoms with van der Waals surface area (Å²) in [5.41, 5.74) is 1.78. The van der Waals surface area contributed by atoms with E-state index in [1.54, 1.807) is 6.20 Å². The number of rotatable bonds is 7. The van der Waals surface area contributed by atoms with Crippen LogP contribution in [0.15, 0.2) is 73.1 Å². The van der Waals surface area contributed by atoms with Gasteiger partial charge in [-0.1, -0.05) is 48.5 Å². The standard InChI is InChI=1S/C23H26N2O2/c1-23(2,3)27-17-19(18-10-6-4-7-11-18)16-21(26)22-24-14-15-25(22)20-12-8-5-9-13-20/h4-15,19H,16-17H2,1-3H3/t19-/m0/s1. The number of nitrogens with zero attached hydrogens (tertiary/aromatic N) is 2. The summed E-state index contributed by atoms with van der Waals surface area (Å²) in [5.74, 6) is 0.451. The Hall–Kier alpha value is -2.72. The Balaban J connectivity index is 1.82. The molecule has 3 rings (SSSR count). The summed E-state index contributed by atoms with van der Waals surface area (Å²) in [6, 6.07) is 19.9. The van der Waals surface area contributed by atoms with Gasteiger partial charge in [-0.2, -0.15) is 0 Å². The van der Waals surface area contributed by atoms with Gasteiger partial charge in [0.2, 0.25) is 0 Å². The quantitative estimate of drug-likeness (QED) is 0.553. The zero-order valence-electron chi connectivity index (χ0n) is 16.1. The summed E-state index contributed by atoms with van der Waals surface area (Å²) < 4.78 is 7.84. The fourth-order valence-corrected chi connectivity index (χ4v) is 2.97. The molecule has 2 aromatic carbocycles. The molecular formula is C23H26N2O2. The predicted octanol–water partition coefficient (Wildman–Crippen LogP) is 5.04. The summed E-state index contributed by atoms with van der Waals surface area (Å²) in [6.45, 7) is 6.57. The van der Waals surface area contributed by atoms with Crippen molar-refractivity contribution in [3.63, 3.8) is 0 Å². The first-order valence-electron chi connectivity index (χ1n) is 9.25. The van der Waals surface area contributed by atoms with Crippen LogP contribution < -0.4 is 0 Å². The van der Waals surface area contributed by atoms with Crippen LogP contribution in [-0.4, -0.2) is 27.5 Å². The maximum Gasteiger partial charge on any atom is 0.199 e. The minimum atomic E-state index is -0.251. The second kappa shape index (κ2) is 8.31. The molecule has 0 spiro atoms. The summed E-state index contributed by atoms with van der Waals surface area (Å²) in [4.78, 5) is 17.4. The van der Waals surface area contributed by atoms with Crippen LogP contribution in [-0.2, 0) is 4.74 Å².